The SMILES string of the molecule is c1ccc(-c2nnc(-c3ccc(-c4cc5ccc6cccc7ccc(c4)c5c67)cc3)o2)cc1. The van der Waals surface area contributed by atoms with Crippen molar-refractivity contribution in [3.05, 3.63) is 109 Å². The molecule has 1 heterocycles. The van der Waals surface area contributed by atoms with E-state index in [-0.39, 0.29) is 0 Å². The van der Waals surface area contributed by atoms with E-state index in [1.807, 2.05) is 42.5 Å². The minimum Gasteiger partial charge on any atom is -0.416 e. The van der Waals surface area contributed by atoms with Gasteiger partial charge in [-0.3, -0.25) is 0 Å². The van der Waals surface area contributed by atoms with Crippen LogP contribution in [0, 0.1) is 0 Å². The molecule has 0 radical (unpaired) electrons. The molecule has 6 aromatic carbocycles. The predicted octanol–water partition coefficient (Wildman–Crippen LogP) is 7.97. The molecule has 0 unspecified atom stereocenters. The van der Waals surface area contributed by atoms with Gasteiger partial charge >= 0.3 is 0 Å². The van der Waals surface area contributed by atoms with Crippen LogP contribution in [0.5, 0.6) is 0 Å². The third-order valence-electron chi connectivity index (χ3n) is 6.37. The molecular weight excluding hydrogens is 404 g/mol. The molecule has 0 aliphatic carbocycles. The largest absolute Gasteiger partial charge is 0.416 e. The minimum absolute atomic E-state index is 0.524. The molecule has 0 N–H and O–H groups in total. The average Bonchev–Trinajstić information content (AvgIpc) is 3.38. The summed E-state index contributed by atoms with van der Waals surface area (Å²) >= 11 is 0. The van der Waals surface area contributed by atoms with Crippen LogP contribution in [0.2, 0.25) is 0 Å². The van der Waals surface area contributed by atoms with E-state index in [1.54, 1.807) is 0 Å². The summed E-state index contributed by atoms with van der Waals surface area (Å²) in [6.07, 6.45) is 0. The first-order chi connectivity index (χ1) is 16.3. The fourth-order valence-corrected chi connectivity index (χ4v) is 4.76. The van der Waals surface area contributed by atoms with Crippen LogP contribution in [0.25, 0.3) is 66.4 Å². The maximum Gasteiger partial charge on any atom is 0.248 e. The van der Waals surface area contributed by atoms with Gasteiger partial charge in [0.2, 0.25) is 11.8 Å². The van der Waals surface area contributed by atoms with Gasteiger partial charge < -0.3 is 4.42 Å². The van der Waals surface area contributed by atoms with Crippen molar-refractivity contribution in [2.24, 2.45) is 0 Å². The molecule has 0 bridgehead atoms. The smallest absolute Gasteiger partial charge is 0.248 e. The Kier molecular flexibility index (Phi) is 3.84. The molecule has 0 saturated carbocycles. The molecule has 0 atom stereocenters. The molecule has 0 saturated heterocycles. The molecule has 0 amide bonds. The molecule has 7 aromatic rings. The maximum atomic E-state index is 5.91. The lowest BCUT2D eigenvalue weighted by molar-refractivity contribution is 0.584. The Labute approximate surface area is 190 Å². The Morgan fingerprint density at radius 2 is 0.909 bits per heavy atom. The van der Waals surface area contributed by atoms with Gasteiger partial charge in [-0.05, 0) is 79.8 Å². The molecule has 7 rings (SSSR count). The van der Waals surface area contributed by atoms with Gasteiger partial charge in [-0.15, -0.1) is 10.2 Å². The molecule has 0 spiro atoms. The Morgan fingerprint density at radius 1 is 0.394 bits per heavy atom. The molecule has 33 heavy (non-hydrogen) atoms. The fourth-order valence-electron chi connectivity index (χ4n) is 4.76. The van der Waals surface area contributed by atoms with Gasteiger partial charge in [0.1, 0.15) is 0 Å². The van der Waals surface area contributed by atoms with E-state index in [9.17, 15) is 0 Å². The average molecular weight is 422 g/mol. The van der Waals surface area contributed by atoms with Crippen molar-refractivity contribution < 1.29 is 4.42 Å². The first-order valence-electron chi connectivity index (χ1n) is 11.0. The van der Waals surface area contributed by atoms with Crippen molar-refractivity contribution in [2.45, 2.75) is 0 Å². The normalized spacial score (nSPS) is 11.6. The van der Waals surface area contributed by atoms with E-state index >= 15 is 0 Å². The molecule has 154 valence electrons. The highest BCUT2D eigenvalue weighted by molar-refractivity contribution is 6.23. The third kappa shape index (κ3) is 2.90. The number of aromatic nitrogens is 2. The fraction of sp³-hybridized carbons (Fsp3) is 0. The van der Waals surface area contributed by atoms with Crippen LogP contribution in [-0.2, 0) is 0 Å². The second kappa shape index (κ2) is 7.01. The summed E-state index contributed by atoms with van der Waals surface area (Å²) in [5, 5.41) is 16.2. The quantitative estimate of drug-likeness (QED) is 0.271. The van der Waals surface area contributed by atoms with Gasteiger partial charge in [0.25, 0.3) is 0 Å². The number of rotatable bonds is 3. The Bertz CT molecular complexity index is 1680. The van der Waals surface area contributed by atoms with E-state index < -0.39 is 0 Å². The molecule has 0 fully saturated rings. The molecule has 3 nitrogen and oxygen atoms in total. The Morgan fingerprint density at radius 3 is 1.55 bits per heavy atom. The van der Waals surface area contributed by atoms with Gasteiger partial charge in [0.15, 0.2) is 0 Å². The van der Waals surface area contributed by atoms with Crippen LogP contribution >= 0.6 is 0 Å². The van der Waals surface area contributed by atoms with E-state index in [4.69, 9.17) is 4.42 Å². The standard InChI is InChI=1S/C30H18N2O/c1-2-5-22(6-3-1)29-31-32-30(33-29)23-13-9-19(10-14-23)26-17-24-15-11-20-7-4-8-21-12-16-25(18-26)28(24)27(20)21/h1-18H. The monoisotopic (exact) mass is 422 g/mol. The highest BCUT2D eigenvalue weighted by Crippen LogP contribution is 2.37. The second-order valence-electron chi connectivity index (χ2n) is 8.36. The van der Waals surface area contributed by atoms with Crippen molar-refractivity contribution in [3.63, 3.8) is 0 Å². The van der Waals surface area contributed by atoms with Crippen LogP contribution in [0.4, 0.5) is 0 Å². The zero-order valence-electron chi connectivity index (χ0n) is 17.7. The highest BCUT2D eigenvalue weighted by Gasteiger charge is 2.12. The molecule has 1 aromatic heterocycles. The van der Waals surface area contributed by atoms with E-state index in [0.717, 1.165) is 16.7 Å². The van der Waals surface area contributed by atoms with Crippen LogP contribution in [0.15, 0.2) is 114 Å². The lowest BCUT2D eigenvalue weighted by Crippen LogP contribution is -1.86. The predicted molar refractivity (Wildman–Crippen MR) is 134 cm³/mol. The maximum absolute atomic E-state index is 5.91. The zero-order valence-corrected chi connectivity index (χ0v) is 17.7. The van der Waals surface area contributed by atoms with E-state index in [0.29, 0.717) is 11.8 Å². The summed E-state index contributed by atoms with van der Waals surface area (Å²) in [7, 11) is 0. The first kappa shape index (κ1) is 18.1. The summed E-state index contributed by atoms with van der Waals surface area (Å²) < 4.78 is 5.91. The third-order valence-corrected chi connectivity index (χ3v) is 6.37. The van der Waals surface area contributed by atoms with Crippen LogP contribution in [-0.4, -0.2) is 10.2 Å². The Balaban J connectivity index is 1.29. The summed E-state index contributed by atoms with van der Waals surface area (Å²) in [6.45, 7) is 0. The number of hydrogen-bond acceptors (Lipinski definition) is 3. The lowest BCUT2D eigenvalue weighted by Gasteiger charge is -2.12. The van der Waals surface area contributed by atoms with Gasteiger partial charge in [-0.2, -0.15) is 0 Å². The molecule has 0 aliphatic heterocycles. The molecule has 3 heteroatoms. The first-order valence-corrected chi connectivity index (χ1v) is 11.0. The van der Waals surface area contributed by atoms with Crippen molar-refractivity contribution in [2.75, 3.05) is 0 Å². The van der Waals surface area contributed by atoms with Crippen molar-refractivity contribution in [1.82, 2.24) is 10.2 Å². The number of nitrogens with zero attached hydrogens (tertiary/aromatic N) is 2. The van der Waals surface area contributed by atoms with Crippen molar-refractivity contribution in [3.8, 4) is 34.0 Å². The summed E-state index contributed by atoms with van der Waals surface area (Å²) in [5.74, 6) is 1.05. The molecule has 0 aliphatic rings. The Hall–Kier alpha value is -4.50. The van der Waals surface area contributed by atoms with Crippen molar-refractivity contribution in [1.29, 1.82) is 0 Å². The van der Waals surface area contributed by atoms with Crippen LogP contribution < -0.4 is 0 Å². The van der Waals surface area contributed by atoms with Gasteiger partial charge in [-0.1, -0.05) is 72.8 Å². The minimum atomic E-state index is 0.524. The summed E-state index contributed by atoms with van der Waals surface area (Å²) in [4.78, 5) is 0. The topological polar surface area (TPSA) is 38.9 Å². The van der Waals surface area contributed by atoms with E-state index in [2.05, 4.69) is 76.9 Å². The van der Waals surface area contributed by atoms with Crippen LogP contribution in [0.1, 0.15) is 0 Å². The zero-order chi connectivity index (χ0) is 21.8. The molecular formula is C30H18N2O. The van der Waals surface area contributed by atoms with Gasteiger partial charge in [-0.25, -0.2) is 0 Å². The van der Waals surface area contributed by atoms with Crippen molar-refractivity contribution >= 4 is 32.3 Å². The number of benzene rings is 6. The van der Waals surface area contributed by atoms with Gasteiger partial charge in [0, 0.05) is 11.1 Å². The summed E-state index contributed by atoms with van der Waals surface area (Å²) in [5.41, 5.74) is 4.18. The second-order valence-corrected chi connectivity index (χ2v) is 8.36. The number of hydrogen-bond donors (Lipinski definition) is 0. The van der Waals surface area contributed by atoms with Crippen LogP contribution in [0.3, 0.4) is 0 Å². The van der Waals surface area contributed by atoms with E-state index in [1.165, 1.54) is 37.9 Å². The lowest BCUT2D eigenvalue weighted by atomic mass is 9.91. The van der Waals surface area contributed by atoms with Gasteiger partial charge in [0.05, 0.1) is 0 Å². The summed E-state index contributed by atoms with van der Waals surface area (Å²) in [6, 6.07) is 38.1. The highest BCUT2D eigenvalue weighted by atomic mass is 16.4.